The number of rotatable bonds is 7. The van der Waals surface area contributed by atoms with Gasteiger partial charge in [0.15, 0.2) is 0 Å². The van der Waals surface area contributed by atoms with Gasteiger partial charge in [-0.3, -0.25) is 0 Å². The fourth-order valence-electron chi connectivity index (χ4n) is 3.43. The first kappa shape index (κ1) is 23.1. The van der Waals surface area contributed by atoms with Crippen LogP contribution in [0, 0.1) is 0 Å². The Kier molecular flexibility index (Phi) is 7.66. The molecule has 1 atom stereocenters. The van der Waals surface area contributed by atoms with Gasteiger partial charge in [0, 0.05) is 5.92 Å². The van der Waals surface area contributed by atoms with Crippen LogP contribution in [0.2, 0.25) is 0 Å². The lowest BCUT2D eigenvalue weighted by Crippen LogP contribution is -2.47. The molecule has 3 aromatic rings. The highest BCUT2D eigenvalue weighted by Gasteiger charge is 2.35. The molecular formula is C27H29NO4. The van der Waals surface area contributed by atoms with Gasteiger partial charge in [-0.05, 0) is 37.5 Å². The normalized spacial score (nSPS) is 12.1. The zero-order valence-corrected chi connectivity index (χ0v) is 18.7. The van der Waals surface area contributed by atoms with Crippen molar-refractivity contribution in [2.75, 3.05) is 0 Å². The van der Waals surface area contributed by atoms with Crippen molar-refractivity contribution in [1.29, 1.82) is 0 Å². The predicted molar refractivity (Wildman–Crippen MR) is 124 cm³/mol. The average Bonchev–Trinajstić information content (AvgIpc) is 2.78. The Balaban J connectivity index is 1.93. The van der Waals surface area contributed by atoms with Crippen molar-refractivity contribution in [3.8, 4) is 0 Å². The number of alkyl carbamates (subject to hydrolysis) is 1. The van der Waals surface area contributed by atoms with Gasteiger partial charge in [0.05, 0.1) is 0 Å². The molecule has 1 amide bonds. The van der Waals surface area contributed by atoms with Crippen LogP contribution in [0.3, 0.4) is 0 Å². The van der Waals surface area contributed by atoms with E-state index >= 15 is 0 Å². The Bertz CT molecular complexity index is 959. The van der Waals surface area contributed by atoms with Crippen LogP contribution in [0.25, 0.3) is 0 Å². The maximum Gasteiger partial charge on any atom is 0.408 e. The van der Waals surface area contributed by atoms with Gasteiger partial charge in [-0.2, -0.15) is 0 Å². The minimum absolute atomic E-state index is 0.114. The first-order valence-electron chi connectivity index (χ1n) is 10.6. The van der Waals surface area contributed by atoms with Gasteiger partial charge < -0.3 is 14.8 Å². The number of hydrogen-bond acceptors (Lipinski definition) is 4. The van der Waals surface area contributed by atoms with Crippen molar-refractivity contribution in [1.82, 2.24) is 5.32 Å². The standard InChI is InChI=1S/C27H29NO4/c1-27(2,3)32-26(30)28-24(25(29)31-19-20-13-7-4-8-14-20)23(21-15-9-5-10-16-21)22-17-11-6-12-18-22/h4-18,23-24H,19H2,1-3H3,(H,28,30). The van der Waals surface area contributed by atoms with Gasteiger partial charge in [0.2, 0.25) is 0 Å². The van der Waals surface area contributed by atoms with Gasteiger partial charge in [-0.15, -0.1) is 0 Å². The van der Waals surface area contributed by atoms with E-state index in [2.05, 4.69) is 5.32 Å². The Hall–Kier alpha value is -3.60. The number of carbonyl (C=O) groups excluding carboxylic acids is 2. The molecule has 3 aromatic carbocycles. The van der Waals surface area contributed by atoms with Crippen molar-refractivity contribution in [3.63, 3.8) is 0 Å². The monoisotopic (exact) mass is 431 g/mol. The summed E-state index contributed by atoms with van der Waals surface area (Å²) in [7, 11) is 0. The molecule has 0 spiro atoms. The molecule has 3 rings (SSSR count). The molecule has 0 bridgehead atoms. The van der Waals surface area contributed by atoms with E-state index in [1.165, 1.54) is 0 Å². The van der Waals surface area contributed by atoms with Gasteiger partial charge >= 0.3 is 12.1 Å². The SMILES string of the molecule is CC(C)(C)OC(=O)NC(C(=O)OCc1ccccc1)C(c1ccccc1)c1ccccc1. The molecule has 0 heterocycles. The zero-order valence-electron chi connectivity index (χ0n) is 18.7. The first-order chi connectivity index (χ1) is 15.3. The maximum absolute atomic E-state index is 13.3. The van der Waals surface area contributed by atoms with Crippen LogP contribution in [0.4, 0.5) is 4.79 Å². The van der Waals surface area contributed by atoms with E-state index in [0.717, 1.165) is 16.7 Å². The molecule has 0 radical (unpaired) electrons. The number of esters is 1. The summed E-state index contributed by atoms with van der Waals surface area (Å²) >= 11 is 0. The summed E-state index contributed by atoms with van der Waals surface area (Å²) in [5.41, 5.74) is 1.94. The Morgan fingerprint density at radius 3 is 1.72 bits per heavy atom. The van der Waals surface area contributed by atoms with Gasteiger partial charge in [-0.25, -0.2) is 9.59 Å². The van der Waals surface area contributed by atoms with Gasteiger partial charge in [0.25, 0.3) is 0 Å². The largest absolute Gasteiger partial charge is 0.459 e. The van der Waals surface area contributed by atoms with E-state index in [1.54, 1.807) is 20.8 Å². The third kappa shape index (κ3) is 6.71. The lowest BCUT2D eigenvalue weighted by molar-refractivity contribution is -0.147. The fourth-order valence-corrected chi connectivity index (χ4v) is 3.43. The number of nitrogens with one attached hydrogen (secondary N) is 1. The van der Waals surface area contributed by atoms with Crippen molar-refractivity contribution in [2.45, 2.75) is 44.9 Å². The van der Waals surface area contributed by atoms with Gasteiger partial charge in [-0.1, -0.05) is 91.0 Å². The van der Waals surface area contributed by atoms with Crippen molar-refractivity contribution < 1.29 is 19.1 Å². The Morgan fingerprint density at radius 1 is 0.781 bits per heavy atom. The van der Waals surface area contributed by atoms with Crippen LogP contribution in [-0.2, 0) is 20.9 Å². The van der Waals surface area contributed by atoms with E-state index in [4.69, 9.17) is 9.47 Å². The summed E-state index contributed by atoms with van der Waals surface area (Å²) in [4.78, 5) is 26.0. The summed E-state index contributed by atoms with van der Waals surface area (Å²) in [5.74, 6) is -0.981. The number of ether oxygens (including phenoxy) is 2. The molecule has 166 valence electrons. The third-order valence-corrected chi connectivity index (χ3v) is 4.80. The Morgan fingerprint density at radius 2 is 1.25 bits per heavy atom. The number of carbonyl (C=O) groups is 2. The summed E-state index contributed by atoms with van der Waals surface area (Å²) < 4.78 is 11.1. The number of benzene rings is 3. The predicted octanol–water partition coefficient (Wildman–Crippen LogP) is 5.46. The molecule has 0 saturated carbocycles. The van der Waals surface area contributed by atoms with Crippen LogP contribution in [0.5, 0.6) is 0 Å². The molecule has 0 aliphatic heterocycles. The quantitative estimate of drug-likeness (QED) is 0.505. The van der Waals surface area contributed by atoms with E-state index in [0.29, 0.717) is 0 Å². The third-order valence-electron chi connectivity index (χ3n) is 4.80. The summed E-state index contributed by atoms with van der Waals surface area (Å²) in [6, 6.07) is 27.7. The highest BCUT2D eigenvalue weighted by Crippen LogP contribution is 2.29. The second kappa shape index (κ2) is 10.6. The molecule has 0 saturated heterocycles. The maximum atomic E-state index is 13.3. The van der Waals surface area contributed by atoms with Crippen molar-refractivity contribution >= 4 is 12.1 Å². The summed E-state index contributed by atoms with van der Waals surface area (Å²) in [5, 5.41) is 2.77. The molecule has 0 aromatic heterocycles. The van der Waals surface area contributed by atoms with Crippen LogP contribution >= 0.6 is 0 Å². The summed E-state index contributed by atoms with van der Waals surface area (Å²) in [6.45, 7) is 5.45. The molecule has 1 unspecified atom stereocenters. The topological polar surface area (TPSA) is 64.6 Å². The van der Waals surface area contributed by atoms with Gasteiger partial charge in [0.1, 0.15) is 18.2 Å². The number of amides is 1. The van der Waals surface area contributed by atoms with Crippen LogP contribution in [0.15, 0.2) is 91.0 Å². The first-order valence-corrected chi connectivity index (χ1v) is 10.6. The zero-order chi connectivity index (χ0) is 23.0. The van der Waals surface area contributed by atoms with Crippen LogP contribution < -0.4 is 5.32 Å². The van der Waals surface area contributed by atoms with Crippen LogP contribution in [-0.4, -0.2) is 23.7 Å². The smallest absolute Gasteiger partial charge is 0.408 e. The van der Waals surface area contributed by atoms with Crippen molar-refractivity contribution in [2.24, 2.45) is 0 Å². The molecular weight excluding hydrogens is 402 g/mol. The second-order valence-corrected chi connectivity index (χ2v) is 8.52. The molecule has 0 aliphatic rings. The molecule has 5 heteroatoms. The summed E-state index contributed by atoms with van der Waals surface area (Å²) in [6.07, 6.45) is -0.670. The molecule has 0 aliphatic carbocycles. The molecule has 0 fully saturated rings. The highest BCUT2D eigenvalue weighted by atomic mass is 16.6. The van der Waals surface area contributed by atoms with E-state index in [9.17, 15) is 9.59 Å². The lowest BCUT2D eigenvalue weighted by Gasteiger charge is -2.29. The van der Waals surface area contributed by atoms with E-state index < -0.39 is 29.6 Å². The second-order valence-electron chi connectivity index (χ2n) is 8.52. The van der Waals surface area contributed by atoms with Crippen molar-refractivity contribution in [3.05, 3.63) is 108 Å². The lowest BCUT2D eigenvalue weighted by atomic mass is 9.85. The fraction of sp³-hybridized carbons (Fsp3) is 0.259. The van der Waals surface area contributed by atoms with Crippen LogP contribution in [0.1, 0.15) is 43.4 Å². The van der Waals surface area contributed by atoms with E-state index in [-0.39, 0.29) is 6.61 Å². The molecule has 5 nitrogen and oxygen atoms in total. The Labute approximate surface area is 189 Å². The molecule has 32 heavy (non-hydrogen) atoms. The number of hydrogen-bond donors (Lipinski definition) is 1. The molecule has 1 N–H and O–H groups in total. The minimum Gasteiger partial charge on any atom is -0.459 e. The average molecular weight is 432 g/mol. The highest BCUT2D eigenvalue weighted by molar-refractivity contribution is 5.83. The van der Waals surface area contributed by atoms with E-state index in [1.807, 2.05) is 91.0 Å². The minimum atomic E-state index is -0.974.